The summed E-state index contributed by atoms with van der Waals surface area (Å²) in [5.41, 5.74) is 2.04. The van der Waals surface area contributed by atoms with Gasteiger partial charge in [0.05, 0.1) is 16.9 Å². The third kappa shape index (κ3) is 1.78. The molecule has 1 aromatic carbocycles. The largest absolute Gasteiger partial charge is 0.338 e. The topological polar surface area (TPSA) is 54.0 Å². The molecular weight excluding hydrogens is 282 g/mol. The number of carbonyl (C=O) groups is 1. The first-order chi connectivity index (χ1) is 8.24. The second-order valence-corrected chi connectivity index (χ2v) is 4.59. The highest BCUT2D eigenvalue weighted by Gasteiger charge is 2.18. The van der Waals surface area contributed by atoms with Gasteiger partial charge in [0.15, 0.2) is 5.82 Å². The van der Waals surface area contributed by atoms with Gasteiger partial charge in [-0.05, 0) is 34.1 Å². The summed E-state index contributed by atoms with van der Waals surface area (Å²) in [7, 11) is 0. The number of benzene rings is 1. The van der Waals surface area contributed by atoms with Gasteiger partial charge in [-0.15, -0.1) is 0 Å². The molecule has 1 aromatic heterocycles. The standard InChI is InChI=1S/C12H8BrN3O/c13-7-5-10-11(14-6-7)15-9-4-2-1-3-8(9)12(17)16-10/h1-6H,(H,14,15)(H,16,17). The number of hydrogen-bond donors (Lipinski definition) is 2. The van der Waals surface area contributed by atoms with E-state index in [9.17, 15) is 4.79 Å². The van der Waals surface area contributed by atoms with Crippen molar-refractivity contribution in [3.8, 4) is 0 Å². The van der Waals surface area contributed by atoms with E-state index in [-0.39, 0.29) is 5.91 Å². The highest BCUT2D eigenvalue weighted by molar-refractivity contribution is 9.10. The fourth-order valence-electron chi connectivity index (χ4n) is 1.74. The molecule has 1 amide bonds. The number of nitrogens with one attached hydrogen (secondary N) is 2. The molecule has 17 heavy (non-hydrogen) atoms. The van der Waals surface area contributed by atoms with E-state index in [0.29, 0.717) is 17.1 Å². The zero-order valence-electron chi connectivity index (χ0n) is 8.70. The number of nitrogens with zero attached hydrogens (tertiary/aromatic N) is 1. The van der Waals surface area contributed by atoms with Crippen molar-refractivity contribution in [2.75, 3.05) is 10.6 Å². The van der Waals surface area contributed by atoms with Gasteiger partial charge in [0.25, 0.3) is 5.91 Å². The van der Waals surface area contributed by atoms with Crippen molar-refractivity contribution in [2.24, 2.45) is 0 Å². The van der Waals surface area contributed by atoms with Crippen LogP contribution < -0.4 is 10.6 Å². The van der Waals surface area contributed by atoms with Crippen molar-refractivity contribution in [3.05, 3.63) is 46.6 Å². The number of fused-ring (bicyclic) bond motifs is 2. The van der Waals surface area contributed by atoms with Crippen LogP contribution in [0.3, 0.4) is 0 Å². The van der Waals surface area contributed by atoms with Crippen LogP contribution in [0.1, 0.15) is 10.4 Å². The summed E-state index contributed by atoms with van der Waals surface area (Å²) < 4.78 is 0.823. The number of para-hydroxylation sites is 1. The second-order valence-electron chi connectivity index (χ2n) is 3.67. The molecule has 0 radical (unpaired) electrons. The van der Waals surface area contributed by atoms with Crippen molar-refractivity contribution >= 4 is 39.0 Å². The Hall–Kier alpha value is -1.88. The fourth-order valence-corrected chi connectivity index (χ4v) is 2.07. The zero-order valence-corrected chi connectivity index (χ0v) is 10.3. The van der Waals surface area contributed by atoms with Gasteiger partial charge < -0.3 is 10.6 Å². The summed E-state index contributed by atoms with van der Waals surface area (Å²) in [6, 6.07) is 9.16. The molecule has 0 aliphatic carbocycles. The molecule has 2 heterocycles. The number of rotatable bonds is 0. The van der Waals surface area contributed by atoms with Crippen molar-refractivity contribution in [2.45, 2.75) is 0 Å². The van der Waals surface area contributed by atoms with E-state index in [1.165, 1.54) is 0 Å². The van der Waals surface area contributed by atoms with E-state index in [1.807, 2.05) is 24.3 Å². The highest BCUT2D eigenvalue weighted by Crippen LogP contribution is 2.31. The summed E-state index contributed by atoms with van der Waals surface area (Å²) in [5, 5.41) is 5.97. The Morgan fingerprint density at radius 1 is 1.12 bits per heavy atom. The predicted molar refractivity (Wildman–Crippen MR) is 69.6 cm³/mol. The molecule has 5 heteroatoms. The third-order valence-corrected chi connectivity index (χ3v) is 2.96. The molecule has 0 unspecified atom stereocenters. The summed E-state index contributed by atoms with van der Waals surface area (Å²) in [4.78, 5) is 16.2. The molecule has 0 saturated heterocycles. The van der Waals surface area contributed by atoms with Gasteiger partial charge >= 0.3 is 0 Å². The lowest BCUT2D eigenvalue weighted by molar-refractivity contribution is 0.102. The molecule has 1 aliphatic rings. The minimum absolute atomic E-state index is 0.133. The number of hydrogen-bond acceptors (Lipinski definition) is 3. The lowest BCUT2D eigenvalue weighted by atomic mass is 10.1. The van der Waals surface area contributed by atoms with Crippen molar-refractivity contribution in [1.29, 1.82) is 0 Å². The summed E-state index contributed by atoms with van der Waals surface area (Å²) >= 11 is 3.33. The molecule has 0 bridgehead atoms. The van der Waals surface area contributed by atoms with Crippen LogP contribution in [0.4, 0.5) is 17.2 Å². The minimum Gasteiger partial charge on any atom is -0.338 e. The monoisotopic (exact) mass is 289 g/mol. The molecule has 2 N–H and O–H groups in total. The van der Waals surface area contributed by atoms with Gasteiger partial charge in [0, 0.05) is 10.7 Å². The van der Waals surface area contributed by atoms with Crippen LogP contribution in [-0.4, -0.2) is 10.9 Å². The normalized spacial score (nSPS) is 12.9. The van der Waals surface area contributed by atoms with Crippen LogP contribution in [0.5, 0.6) is 0 Å². The van der Waals surface area contributed by atoms with Crippen LogP contribution in [0.15, 0.2) is 41.0 Å². The van der Waals surface area contributed by atoms with Crippen molar-refractivity contribution in [1.82, 2.24) is 4.98 Å². The second kappa shape index (κ2) is 3.85. The number of halogens is 1. The smallest absolute Gasteiger partial charge is 0.257 e. The van der Waals surface area contributed by atoms with E-state index in [2.05, 4.69) is 31.5 Å². The Balaban J connectivity index is 2.17. The molecule has 0 spiro atoms. The Bertz CT molecular complexity index is 612. The maximum atomic E-state index is 12.0. The Labute approximate surface area is 106 Å². The average Bonchev–Trinajstić information content (AvgIpc) is 2.46. The zero-order chi connectivity index (χ0) is 11.8. The summed E-state index contributed by atoms with van der Waals surface area (Å²) in [6.07, 6.45) is 1.69. The van der Waals surface area contributed by atoms with Crippen molar-refractivity contribution in [3.63, 3.8) is 0 Å². The predicted octanol–water partition coefficient (Wildman–Crippen LogP) is 3.15. The van der Waals surface area contributed by atoms with Crippen LogP contribution in [0.25, 0.3) is 0 Å². The van der Waals surface area contributed by atoms with Crippen LogP contribution in [0, 0.1) is 0 Å². The molecule has 0 saturated carbocycles. The highest BCUT2D eigenvalue weighted by atomic mass is 79.9. The van der Waals surface area contributed by atoms with E-state index >= 15 is 0 Å². The molecule has 2 aromatic rings. The third-order valence-electron chi connectivity index (χ3n) is 2.53. The van der Waals surface area contributed by atoms with Gasteiger partial charge in [-0.1, -0.05) is 12.1 Å². The van der Waals surface area contributed by atoms with Crippen LogP contribution in [0.2, 0.25) is 0 Å². The van der Waals surface area contributed by atoms with E-state index < -0.39 is 0 Å². The summed E-state index contributed by atoms with van der Waals surface area (Å²) in [5.74, 6) is 0.512. The quantitative estimate of drug-likeness (QED) is 0.783. The van der Waals surface area contributed by atoms with Gasteiger partial charge in [0.2, 0.25) is 0 Å². The maximum absolute atomic E-state index is 12.0. The lowest BCUT2D eigenvalue weighted by Crippen LogP contribution is -2.10. The Morgan fingerprint density at radius 3 is 2.82 bits per heavy atom. The molecule has 4 nitrogen and oxygen atoms in total. The minimum atomic E-state index is -0.133. The Kier molecular flexibility index (Phi) is 2.33. The van der Waals surface area contributed by atoms with Crippen LogP contribution in [-0.2, 0) is 0 Å². The number of aromatic nitrogens is 1. The molecule has 0 atom stereocenters. The molecular formula is C12H8BrN3O. The molecule has 0 fully saturated rings. The van der Waals surface area contributed by atoms with Crippen molar-refractivity contribution < 1.29 is 4.79 Å². The lowest BCUT2D eigenvalue weighted by Gasteiger charge is -2.06. The SMILES string of the molecule is O=C1Nc2cc(Br)cnc2Nc2ccccc21. The number of pyridine rings is 1. The van der Waals surface area contributed by atoms with Gasteiger partial charge in [-0.2, -0.15) is 0 Å². The molecule has 84 valence electrons. The average molecular weight is 290 g/mol. The molecule has 1 aliphatic heterocycles. The van der Waals surface area contributed by atoms with Gasteiger partial charge in [-0.3, -0.25) is 4.79 Å². The van der Waals surface area contributed by atoms with E-state index in [4.69, 9.17) is 0 Å². The number of carbonyl (C=O) groups excluding carboxylic acids is 1. The molecule has 3 rings (SSSR count). The first-order valence-corrected chi connectivity index (χ1v) is 5.86. The number of amides is 1. The van der Waals surface area contributed by atoms with Crippen LogP contribution >= 0.6 is 15.9 Å². The first-order valence-electron chi connectivity index (χ1n) is 5.07. The summed E-state index contributed by atoms with van der Waals surface area (Å²) in [6.45, 7) is 0. The van der Waals surface area contributed by atoms with Gasteiger partial charge in [0.1, 0.15) is 0 Å². The van der Waals surface area contributed by atoms with E-state index in [0.717, 1.165) is 10.2 Å². The fraction of sp³-hybridized carbons (Fsp3) is 0. The first kappa shape index (κ1) is 10.3. The maximum Gasteiger partial charge on any atom is 0.257 e. The number of anilines is 3. The van der Waals surface area contributed by atoms with E-state index in [1.54, 1.807) is 12.3 Å². The Morgan fingerprint density at radius 2 is 1.94 bits per heavy atom. The van der Waals surface area contributed by atoms with Gasteiger partial charge in [-0.25, -0.2) is 4.98 Å².